The summed E-state index contributed by atoms with van der Waals surface area (Å²) >= 11 is 4.03. The van der Waals surface area contributed by atoms with Crippen molar-refractivity contribution < 1.29 is 0 Å². The van der Waals surface area contributed by atoms with Crippen LogP contribution in [-0.4, -0.2) is 22.5 Å². The quantitative estimate of drug-likeness (QED) is 0.463. The van der Waals surface area contributed by atoms with Gasteiger partial charge >= 0.3 is 88.4 Å². The van der Waals surface area contributed by atoms with Crippen molar-refractivity contribution >= 4 is 33.7 Å². The van der Waals surface area contributed by atoms with E-state index >= 15 is 0 Å². The number of rotatable bonds is 1. The molecule has 0 N–H and O–H groups in total. The molecule has 2 heteroatoms. The molecule has 0 fully saturated rings. The Bertz CT molecular complexity index is 246. The summed E-state index contributed by atoms with van der Waals surface area (Å²) in [6, 6.07) is 8.69. The van der Waals surface area contributed by atoms with Gasteiger partial charge in [-0.3, -0.25) is 0 Å². The Morgan fingerprint density at radius 3 is 2.00 bits per heavy atom. The van der Waals surface area contributed by atoms with Gasteiger partial charge < -0.3 is 0 Å². The first-order valence-corrected chi connectivity index (χ1v) is 5.05. The zero-order chi connectivity index (χ0) is 9.19. The molecule has 1 rings (SSSR count). The Morgan fingerprint density at radius 1 is 1.08 bits per heavy atom. The molecule has 0 atom stereocenters. The predicted molar refractivity (Wildman–Crippen MR) is 57.4 cm³/mol. The van der Waals surface area contributed by atoms with E-state index in [1.54, 1.807) is 0 Å². The van der Waals surface area contributed by atoms with Crippen molar-refractivity contribution in [3.63, 3.8) is 0 Å². The average Bonchev–Trinajstić information content (AvgIpc) is 1.91. The molecule has 0 spiro atoms. The van der Waals surface area contributed by atoms with E-state index in [0.717, 1.165) is 0 Å². The summed E-state index contributed by atoms with van der Waals surface area (Å²) < 4.78 is 1.64. The van der Waals surface area contributed by atoms with Crippen LogP contribution in [0.1, 0.15) is 20.8 Å². The SMILES string of the molecule is [Li][c]1ccc(SC(C)(C)C)cc1. The van der Waals surface area contributed by atoms with E-state index in [9.17, 15) is 0 Å². The fourth-order valence-electron chi connectivity index (χ4n) is 0.960. The van der Waals surface area contributed by atoms with Crippen LogP contribution in [0.3, 0.4) is 0 Å². The molecule has 0 amide bonds. The predicted octanol–water partition coefficient (Wildman–Crippen LogP) is 2.37. The summed E-state index contributed by atoms with van der Waals surface area (Å²) in [5.41, 5.74) is 0. The van der Waals surface area contributed by atoms with Crippen LogP contribution >= 0.6 is 11.8 Å². The van der Waals surface area contributed by atoms with Crippen molar-refractivity contribution in [3.8, 4) is 0 Å². The molecule has 0 radical (unpaired) electrons. The van der Waals surface area contributed by atoms with Gasteiger partial charge in [0.1, 0.15) is 0 Å². The van der Waals surface area contributed by atoms with E-state index in [2.05, 4.69) is 62.8 Å². The van der Waals surface area contributed by atoms with Crippen LogP contribution in [0.15, 0.2) is 29.2 Å². The molecular formula is C10H13LiS. The van der Waals surface area contributed by atoms with Gasteiger partial charge in [-0.2, -0.15) is 0 Å². The topological polar surface area (TPSA) is 0 Å². The second kappa shape index (κ2) is 3.92. The molecule has 0 aromatic heterocycles. The minimum absolute atomic E-state index is 0.315. The molecule has 1 aromatic rings. The van der Waals surface area contributed by atoms with Crippen molar-refractivity contribution in [2.75, 3.05) is 0 Å². The Balaban J connectivity index is 2.71. The zero-order valence-corrected chi connectivity index (χ0v) is 9.03. The standard InChI is InChI=1S/C10H13S.Li/c1-10(2,3)11-9-7-5-4-6-8-9;/h5-8H,1-3H3;. The second-order valence-electron chi connectivity index (χ2n) is 4.03. The number of thioether (sulfide) groups is 1. The van der Waals surface area contributed by atoms with Crippen LogP contribution in [0.4, 0.5) is 0 Å². The van der Waals surface area contributed by atoms with Crippen LogP contribution in [0.2, 0.25) is 0 Å². The van der Waals surface area contributed by atoms with E-state index in [1.165, 1.54) is 9.13 Å². The second-order valence-corrected chi connectivity index (χ2v) is 5.93. The molecule has 0 bridgehead atoms. The van der Waals surface area contributed by atoms with Gasteiger partial charge in [0, 0.05) is 0 Å². The fourth-order valence-corrected chi connectivity index (χ4v) is 1.94. The van der Waals surface area contributed by atoms with Gasteiger partial charge in [-0.1, -0.05) is 0 Å². The maximum absolute atomic E-state index is 2.23. The van der Waals surface area contributed by atoms with Gasteiger partial charge in [-0.25, -0.2) is 0 Å². The van der Waals surface area contributed by atoms with Crippen molar-refractivity contribution in [3.05, 3.63) is 24.3 Å². The van der Waals surface area contributed by atoms with E-state index < -0.39 is 0 Å². The van der Waals surface area contributed by atoms with Gasteiger partial charge in [0.15, 0.2) is 0 Å². The van der Waals surface area contributed by atoms with E-state index in [0.29, 0.717) is 4.75 Å². The van der Waals surface area contributed by atoms with Crippen LogP contribution in [0.5, 0.6) is 0 Å². The molecule has 1 aromatic carbocycles. The third-order valence-corrected chi connectivity index (χ3v) is 2.57. The Labute approximate surface area is 88.3 Å². The summed E-state index contributed by atoms with van der Waals surface area (Å²) in [6.07, 6.45) is 0. The first-order valence-electron chi connectivity index (χ1n) is 4.23. The molecule has 0 heterocycles. The molecule has 60 valence electrons. The normalized spacial score (nSPS) is 11.8. The Hall–Kier alpha value is 0.167. The summed E-state index contributed by atoms with van der Waals surface area (Å²) in [4.78, 5) is 1.35. The average molecular weight is 172 g/mol. The number of hydrogen-bond donors (Lipinski definition) is 0. The molecule has 0 saturated heterocycles. The molecule has 0 aliphatic heterocycles. The number of hydrogen-bond acceptors (Lipinski definition) is 1. The van der Waals surface area contributed by atoms with Gasteiger partial charge in [-0.05, 0) is 0 Å². The zero-order valence-electron chi connectivity index (χ0n) is 8.22. The van der Waals surface area contributed by atoms with Crippen molar-refractivity contribution in [1.29, 1.82) is 0 Å². The molecule has 0 aliphatic carbocycles. The fraction of sp³-hybridized carbons (Fsp3) is 0.400. The summed E-state index contributed by atoms with van der Waals surface area (Å²) in [6.45, 7) is 6.70. The first-order chi connectivity index (χ1) is 5.47. The molecule has 0 nitrogen and oxygen atoms in total. The molecular weight excluding hydrogens is 159 g/mol. The molecule has 12 heavy (non-hydrogen) atoms. The van der Waals surface area contributed by atoms with E-state index in [4.69, 9.17) is 0 Å². The van der Waals surface area contributed by atoms with Gasteiger partial charge in [0.2, 0.25) is 0 Å². The summed E-state index contributed by atoms with van der Waals surface area (Å²) in [7, 11) is 0. The van der Waals surface area contributed by atoms with Gasteiger partial charge in [-0.15, -0.1) is 0 Å². The molecule has 0 unspecified atom stereocenters. The monoisotopic (exact) mass is 172 g/mol. The van der Waals surface area contributed by atoms with Crippen molar-refractivity contribution in [2.45, 2.75) is 30.4 Å². The Kier molecular flexibility index (Phi) is 3.35. The third-order valence-electron chi connectivity index (χ3n) is 1.45. The first kappa shape index (κ1) is 10.2. The third kappa shape index (κ3) is 3.71. The van der Waals surface area contributed by atoms with Gasteiger partial charge in [0.25, 0.3) is 0 Å². The molecule has 0 saturated carbocycles. The maximum atomic E-state index is 2.23. The van der Waals surface area contributed by atoms with Crippen molar-refractivity contribution in [1.82, 2.24) is 0 Å². The van der Waals surface area contributed by atoms with E-state index in [-0.39, 0.29) is 0 Å². The van der Waals surface area contributed by atoms with Crippen LogP contribution in [0.25, 0.3) is 0 Å². The summed E-state index contributed by atoms with van der Waals surface area (Å²) in [5, 5.41) is 0. The van der Waals surface area contributed by atoms with Crippen LogP contribution < -0.4 is 4.24 Å². The number of benzene rings is 1. The molecule has 0 aliphatic rings. The van der Waals surface area contributed by atoms with Crippen LogP contribution in [-0.2, 0) is 0 Å². The van der Waals surface area contributed by atoms with Gasteiger partial charge in [0.05, 0.1) is 0 Å². The summed E-state index contributed by atoms with van der Waals surface area (Å²) in [5.74, 6) is 0. The Morgan fingerprint density at radius 2 is 1.58 bits per heavy atom. The van der Waals surface area contributed by atoms with Crippen LogP contribution in [0, 0.1) is 0 Å². The van der Waals surface area contributed by atoms with Crippen molar-refractivity contribution in [2.24, 2.45) is 0 Å². The van der Waals surface area contributed by atoms with E-state index in [1.807, 2.05) is 11.8 Å². The minimum atomic E-state index is 0.315.